The molecular weight excluding hydrogens is 314 g/mol. The predicted octanol–water partition coefficient (Wildman–Crippen LogP) is 5.19. The van der Waals surface area contributed by atoms with Crippen LogP contribution >= 0.6 is 15.9 Å². The molecule has 0 aliphatic carbocycles. The summed E-state index contributed by atoms with van der Waals surface area (Å²) in [6.07, 6.45) is 3.90. The lowest BCUT2D eigenvalue weighted by molar-refractivity contribution is 0.859. The van der Waals surface area contributed by atoms with Gasteiger partial charge in [-0.15, -0.1) is 0 Å². The first-order chi connectivity index (χ1) is 9.63. The van der Waals surface area contributed by atoms with Gasteiger partial charge in [-0.3, -0.25) is 0 Å². The van der Waals surface area contributed by atoms with Crippen LogP contribution in [0.3, 0.4) is 0 Å². The number of hydrogen-bond donors (Lipinski definition) is 2. The van der Waals surface area contributed by atoms with E-state index in [1.807, 2.05) is 24.5 Å². The van der Waals surface area contributed by atoms with E-state index in [4.69, 9.17) is 0 Å². The Labute approximate surface area is 126 Å². The molecule has 0 fully saturated rings. The minimum absolute atomic E-state index is 0.501. The highest BCUT2D eigenvalue weighted by Crippen LogP contribution is 2.28. The molecule has 3 aromatic rings. The van der Waals surface area contributed by atoms with Gasteiger partial charge in [0, 0.05) is 27.8 Å². The lowest BCUT2D eigenvalue weighted by Crippen LogP contribution is -1.94. The van der Waals surface area contributed by atoms with Crippen molar-refractivity contribution in [3.8, 4) is 0 Å². The number of nitrogens with one attached hydrogen (secondary N) is 2. The molecule has 1 aromatic carbocycles. The van der Waals surface area contributed by atoms with E-state index in [-0.39, 0.29) is 0 Å². The Bertz CT molecular complexity index is 729. The monoisotopic (exact) mass is 329 g/mol. The summed E-state index contributed by atoms with van der Waals surface area (Å²) in [6, 6.07) is 10.3. The maximum Gasteiger partial charge on any atom is 0.130 e. The molecule has 0 amide bonds. The molecule has 0 aliphatic rings. The van der Waals surface area contributed by atoms with Gasteiger partial charge in [0.05, 0.1) is 5.69 Å². The van der Waals surface area contributed by atoms with Crippen LogP contribution in [0.1, 0.15) is 25.3 Å². The Morgan fingerprint density at radius 3 is 2.75 bits per heavy atom. The van der Waals surface area contributed by atoms with Gasteiger partial charge in [0.15, 0.2) is 0 Å². The fraction of sp³-hybridized carbons (Fsp3) is 0.188. The largest absolute Gasteiger partial charge is 0.359 e. The molecule has 0 saturated heterocycles. The second-order valence-corrected chi connectivity index (χ2v) is 6.06. The number of nitrogens with zero attached hydrogens (tertiary/aromatic N) is 1. The van der Waals surface area contributed by atoms with Crippen molar-refractivity contribution in [2.75, 3.05) is 5.32 Å². The molecule has 2 aromatic heterocycles. The van der Waals surface area contributed by atoms with Crippen molar-refractivity contribution < 1.29 is 0 Å². The maximum atomic E-state index is 4.47. The SMILES string of the molecule is CC(C)c1ccc(Nc2c[nH]c3ccc(Br)cc23)nc1. The number of anilines is 2. The van der Waals surface area contributed by atoms with Crippen LogP contribution in [0.5, 0.6) is 0 Å². The highest BCUT2D eigenvalue weighted by atomic mass is 79.9. The van der Waals surface area contributed by atoms with Crippen molar-refractivity contribution in [2.45, 2.75) is 19.8 Å². The predicted molar refractivity (Wildman–Crippen MR) is 87.6 cm³/mol. The van der Waals surface area contributed by atoms with Gasteiger partial charge in [0.1, 0.15) is 5.82 Å². The molecule has 0 atom stereocenters. The summed E-state index contributed by atoms with van der Waals surface area (Å²) in [5.74, 6) is 1.36. The number of aromatic amines is 1. The van der Waals surface area contributed by atoms with E-state index < -0.39 is 0 Å². The van der Waals surface area contributed by atoms with Crippen LogP contribution in [0.25, 0.3) is 10.9 Å². The van der Waals surface area contributed by atoms with Gasteiger partial charge in [0.25, 0.3) is 0 Å². The van der Waals surface area contributed by atoms with Crippen LogP contribution in [0.4, 0.5) is 11.5 Å². The Hall–Kier alpha value is -1.81. The summed E-state index contributed by atoms with van der Waals surface area (Å²) in [5.41, 5.74) is 3.39. The zero-order valence-electron chi connectivity index (χ0n) is 11.4. The van der Waals surface area contributed by atoms with Gasteiger partial charge in [-0.25, -0.2) is 4.98 Å². The summed E-state index contributed by atoms with van der Waals surface area (Å²) < 4.78 is 1.07. The van der Waals surface area contributed by atoms with Crippen LogP contribution in [-0.2, 0) is 0 Å². The molecule has 102 valence electrons. The molecule has 2 heterocycles. The van der Waals surface area contributed by atoms with E-state index >= 15 is 0 Å². The molecule has 3 rings (SSSR count). The van der Waals surface area contributed by atoms with E-state index in [1.165, 1.54) is 5.56 Å². The molecule has 4 heteroatoms. The van der Waals surface area contributed by atoms with Crippen molar-refractivity contribution >= 4 is 38.3 Å². The van der Waals surface area contributed by atoms with E-state index in [0.717, 1.165) is 26.9 Å². The Balaban J connectivity index is 1.91. The van der Waals surface area contributed by atoms with E-state index in [1.54, 1.807) is 0 Å². The molecule has 0 aliphatic heterocycles. The van der Waals surface area contributed by atoms with Crippen LogP contribution in [0.15, 0.2) is 47.2 Å². The number of hydrogen-bond acceptors (Lipinski definition) is 2. The molecule has 0 saturated carbocycles. The molecule has 0 bridgehead atoms. The summed E-state index contributed by atoms with van der Waals surface area (Å²) >= 11 is 3.50. The van der Waals surface area contributed by atoms with E-state index in [2.05, 4.69) is 63.3 Å². The summed E-state index contributed by atoms with van der Waals surface area (Å²) in [5, 5.41) is 4.50. The fourth-order valence-electron chi connectivity index (χ4n) is 2.16. The smallest absolute Gasteiger partial charge is 0.130 e. The number of fused-ring (bicyclic) bond motifs is 1. The molecular formula is C16H16BrN3. The van der Waals surface area contributed by atoms with Gasteiger partial charge in [-0.2, -0.15) is 0 Å². The van der Waals surface area contributed by atoms with E-state index in [9.17, 15) is 0 Å². The summed E-state index contributed by atoms with van der Waals surface area (Å²) in [7, 11) is 0. The lowest BCUT2D eigenvalue weighted by atomic mass is 10.1. The number of aromatic nitrogens is 2. The van der Waals surface area contributed by atoms with Gasteiger partial charge < -0.3 is 10.3 Å². The third-order valence-electron chi connectivity index (χ3n) is 3.36. The van der Waals surface area contributed by atoms with E-state index in [0.29, 0.717) is 5.92 Å². The number of H-pyrrole nitrogens is 1. The quantitative estimate of drug-likeness (QED) is 0.693. The average Bonchev–Trinajstić information content (AvgIpc) is 2.82. The highest BCUT2D eigenvalue weighted by molar-refractivity contribution is 9.10. The van der Waals surface area contributed by atoms with Crippen molar-refractivity contribution in [1.82, 2.24) is 9.97 Å². The van der Waals surface area contributed by atoms with Gasteiger partial charge in [0.2, 0.25) is 0 Å². The molecule has 2 N–H and O–H groups in total. The van der Waals surface area contributed by atoms with Crippen LogP contribution < -0.4 is 5.32 Å². The average molecular weight is 330 g/mol. The number of pyridine rings is 1. The van der Waals surface area contributed by atoms with Crippen LogP contribution in [0, 0.1) is 0 Å². The molecule has 0 spiro atoms. The minimum atomic E-state index is 0.501. The number of benzene rings is 1. The maximum absolute atomic E-state index is 4.47. The zero-order valence-corrected chi connectivity index (χ0v) is 13.0. The lowest BCUT2D eigenvalue weighted by Gasteiger charge is -2.07. The van der Waals surface area contributed by atoms with Gasteiger partial charge in [-0.05, 0) is 35.7 Å². The van der Waals surface area contributed by atoms with Crippen molar-refractivity contribution in [2.24, 2.45) is 0 Å². The topological polar surface area (TPSA) is 40.7 Å². The van der Waals surface area contributed by atoms with Crippen molar-refractivity contribution in [3.63, 3.8) is 0 Å². The van der Waals surface area contributed by atoms with Crippen molar-refractivity contribution in [1.29, 1.82) is 0 Å². The highest BCUT2D eigenvalue weighted by Gasteiger charge is 2.06. The van der Waals surface area contributed by atoms with Gasteiger partial charge in [-0.1, -0.05) is 35.8 Å². The van der Waals surface area contributed by atoms with Crippen LogP contribution in [0.2, 0.25) is 0 Å². The van der Waals surface area contributed by atoms with Gasteiger partial charge >= 0.3 is 0 Å². The Morgan fingerprint density at radius 2 is 2.05 bits per heavy atom. The number of rotatable bonds is 3. The first kappa shape index (κ1) is 13.2. The molecule has 0 radical (unpaired) electrons. The second-order valence-electron chi connectivity index (χ2n) is 5.15. The summed E-state index contributed by atoms with van der Waals surface area (Å²) in [6.45, 7) is 4.34. The Morgan fingerprint density at radius 1 is 1.20 bits per heavy atom. The first-order valence-corrected chi connectivity index (χ1v) is 7.42. The summed E-state index contributed by atoms with van der Waals surface area (Å²) in [4.78, 5) is 7.72. The second kappa shape index (κ2) is 5.29. The fourth-order valence-corrected chi connectivity index (χ4v) is 2.52. The van der Waals surface area contributed by atoms with Crippen molar-refractivity contribution in [3.05, 3.63) is 52.8 Å². The third-order valence-corrected chi connectivity index (χ3v) is 3.85. The minimum Gasteiger partial charge on any atom is -0.359 e. The molecule has 3 nitrogen and oxygen atoms in total. The normalized spacial score (nSPS) is 11.2. The van der Waals surface area contributed by atoms with Crippen LogP contribution in [-0.4, -0.2) is 9.97 Å². The Kier molecular flexibility index (Phi) is 3.49. The standard InChI is InChI=1S/C16H16BrN3/c1-10(2)11-3-6-16(19-8-11)20-15-9-18-14-5-4-12(17)7-13(14)15/h3-10,18H,1-2H3,(H,19,20). The molecule has 0 unspecified atom stereocenters. The zero-order chi connectivity index (χ0) is 14.1. The third kappa shape index (κ3) is 2.56. The number of halogens is 1. The molecule has 20 heavy (non-hydrogen) atoms. The first-order valence-electron chi connectivity index (χ1n) is 6.63.